The third-order valence-electron chi connectivity index (χ3n) is 5.11. The van der Waals surface area contributed by atoms with E-state index in [1.54, 1.807) is 0 Å². The lowest BCUT2D eigenvalue weighted by Crippen LogP contribution is -2.23. The average Bonchev–Trinajstić information content (AvgIpc) is 3.34. The molecule has 28 heavy (non-hydrogen) atoms. The zero-order valence-corrected chi connectivity index (χ0v) is 17.5. The first-order valence-corrected chi connectivity index (χ1v) is 10.5. The molecule has 150 valence electrons. The van der Waals surface area contributed by atoms with E-state index in [-0.39, 0.29) is 5.91 Å². The number of pyridine rings is 1. The minimum Gasteiger partial charge on any atom is -0.357 e. The molecule has 1 amide bonds. The summed E-state index contributed by atoms with van der Waals surface area (Å²) in [4.78, 5) is 20.1. The molecule has 0 radical (unpaired) electrons. The maximum Gasteiger partial charge on any atom is 0.227 e. The van der Waals surface area contributed by atoms with Gasteiger partial charge in [0.05, 0.1) is 0 Å². The van der Waals surface area contributed by atoms with Gasteiger partial charge in [-0.25, -0.2) is 4.98 Å². The lowest BCUT2D eigenvalue weighted by atomic mass is 9.89. The molecule has 0 aliphatic carbocycles. The Hall–Kier alpha value is -2.36. The van der Waals surface area contributed by atoms with Gasteiger partial charge >= 0.3 is 0 Å². The molecule has 2 fully saturated rings. The first-order chi connectivity index (χ1) is 13.4. The largest absolute Gasteiger partial charge is 0.357 e. The second-order valence-electron chi connectivity index (χ2n) is 8.94. The van der Waals surface area contributed by atoms with E-state index in [4.69, 9.17) is 0 Å². The molecular weight excluding hydrogens is 346 g/mol. The zero-order valence-electron chi connectivity index (χ0n) is 17.5. The van der Waals surface area contributed by atoms with Crippen LogP contribution in [0.15, 0.2) is 48.7 Å². The van der Waals surface area contributed by atoms with Crippen molar-refractivity contribution in [3.63, 3.8) is 0 Å². The predicted molar refractivity (Wildman–Crippen MR) is 117 cm³/mol. The number of anilines is 2. The Kier molecular flexibility index (Phi) is 6.71. The highest BCUT2D eigenvalue weighted by molar-refractivity contribution is 5.95. The minimum absolute atomic E-state index is 0.251. The normalized spacial score (nSPS) is 16.9. The Morgan fingerprint density at radius 3 is 2.18 bits per heavy atom. The van der Waals surface area contributed by atoms with Gasteiger partial charge in [0.15, 0.2) is 0 Å². The topological polar surface area (TPSA) is 36.4 Å². The molecule has 0 unspecified atom stereocenters. The van der Waals surface area contributed by atoms with Crippen LogP contribution in [0.25, 0.3) is 0 Å². The Morgan fingerprint density at radius 1 is 0.929 bits per heavy atom. The van der Waals surface area contributed by atoms with Gasteiger partial charge in [-0.15, -0.1) is 0 Å². The van der Waals surface area contributed by atoms with Crippen molar-refractivity contribution in [1.29, 1.82) is 0 Å². The number of para-hydroxylation sites is 1. The van der Waals surface area contributed by atoms with E-state index in [2.05, 4.69) is 42.8 Å². The van der Waals surface area contributed by atoms with Crippen LogP contribution < -0.4 is 9.80 Å². The molecule has 0 bridgehead atoms. The van der Waals surface area contributed by atoms with Gasteiger partial charge < -0.3 is 9.80 Å². The molecular formula is C24H33N3O. The fourth-order valence-electron chi connectivity index (χ4n) is 3.80. The maximum atomic E-state index is 11.3. The van der Waals surface area contributed by atoms with Gasteiger partial charge in [0.2, 0.25) is 5.91 Å². The summed E-state index contributed by atoms with van der Waals surface area (Å²) in [5, 5.41) is 0. The summed E-state index contributed by atoms with van der Waals surface area (Å²) >= 11 is 0. The molecule has 2 aliphatic heterocycles. The SMILES string of the molecule is CC(C)(C)Cc1ccc(N2CCCC2)nc1.O=C1CCCN1c1ccccc1. The van der Waals surface area contributed by atoms with Crippen molar-refractivity contribution >= 4 is 17.4 Å². The molecule has 4 rings (SSSR count). The summed E-state index contributed by atoms with van der Waals surface area (Å²) in [5.74, 6) is 1.40. The highest BCUT2D eigenvalue weighted by atomic mass is 16.2. The molecule has 2 aliphatic rings. The number of hydrogen-bond acceptors (Lipinski definition) is 3. The number of nitrogens with zero attached hydrogens (tertiary/aromatic N) is 3. The number of carbonyl (C=O) groups is 1. The van der Waals surface area contributed by atoms with E-state index in [1.807, 2.05) is 41.4 Å². The van der Waals surface area contributed by atoms with E-state index in [0.29, 0.717) is 11.8 Å². The van der Waals surface area contributed by atoms with Crippen molar-refractivity contribution < 1.29 is 4.79 Å². The summed E-state index contributed by atoms with van der Waals surface area (Å²) in [6.07, 6.45) is 7.46. The monoisotopic (exact) mass is 379 g/mol. The highest BCUT2D eigenvalue weighted by Gasteiger charge is 2.20. The molecule has 3 heterocycles. The van der Waals surface area contributed by atoms with Crippen molar-refractivity contribution in [2.45, 2.75) is 52.9 Å². The molecule has 4 nitrogen and oxygen atoms in total. The van der Waals surface area contributed by atoms with Crippen LogP contribution in [-0.2, 0) is 11.2 Å². The molecule has 2 saturated heterocycles. The number of hydrogen-bond donors (Lipinski definition) is 0. The van der Waals surface area contributed by atoms with Gasteiger partial charge in [0, 0.05) is 37.9 Å². The summed E-state index contributed by atoms with van der Waals surface area (Å²) < 4.78 is 0. The van der Waals surface area contributed by atoms with Crippen LogP contribution in [-0.4, -0.2) is 30.5 Å². The van der Waals surface area contributed by atoms with Crippen LogP contribution in [0.3, 0.4) is 0 Å². The van der Waals surface area contributed by atoms with Crippen LogP contribution in [0.5, 0.6) is 0 Å². The Bertz CT molecular complexity index is 744. The fourth-order valence-corrected chi connectivity index (χ4v) is 3.80. The van der Waals surface area contributed by atoms with Gasteiger partial charge in [-0.2, -0.15) is 0 Å². The Labute approximate surface area is 169 Å². The summed E-state index contributed by atoms with van der Waals surface area (Å²) in [7, 11) is 0. The number of benzene rings is 1. The fraction of sp³-hybridized carbons (Fsp3) is 0.500. The standard InChI is InChI=1S/C14H22N2.C10H11NO/c1-14(2,3)10-12-6-7-13(15-11-12)16-8-4-5-9-16;12-10-7-4-8-11(10)9-5-2-1-3-6-9/h6-7,11H,4-5,8-10H2,1-3H3;1-3,5-6H,4,7-8H2. The highest BCUT2D eigenvalue weighted by Crippen LogP contribution is 2.23. The molecule has 0 atom stereocenters. The number of aromatic nitrogens is 1. The molecule has 1 aromatic heterocycles. The Morgan fingerprint density at radius 2 is 1.64 bits per heavy atom. The number of rotatable bonds is 3. The zero-order chi connectivity index (χ0) is 20.0. The molecule has 0 N–H and O–H groups in total. The van der Waals surface area contributed by atoms with E-state index in [1.165, 1.54) is 31.5 Å². The Balaban J connectivity index is 0.000000167. The minimum atomic E-state index is 0.251. The van der Waals surface area contributed by atoms with E-state index in [0.717, 1.165) is 30.9 Å². The van der Waals surface area contributed by atoms with Crippen molar-refractivity contribution in [1.82, 2.24) is 4.98 Å². The number of amides is 1. The van der Waals surface area contributed by atoms with Crippen LogP contribution in [0.1, 0.15) is 52.0 Å². The lowest BCUT2D eigenvalue weighted by molar-refractivity contribution is -0.117. The predicted octanol–water partition coefficient (Wildman–Crippen LogP) is 5.08. The smallest absolute Gasteiger partial charge is 0.227 e. The van der Waals surface area contributed by atoms with Gasteiger partial charge in [0.25, 0.3) is 0 Å². The molecule has 2 aromatic rings. The van der Waals surface area contributed by atoms with Crippen LogP contribution in [0, 0.1) is 5.41 Å². The van der Waals surface area contributed by atoms with Crippen molar-refractivity contribution in [3.05, 3.63) is 54.2 Å². The van der Waals surface area contributed by atoms with Gasteiger partial charge in [-0.3, -0.25) is 4.79 Å². The first-order valence-electron chi connectivity index (χ1n) is 10.5. The van der Waals surface area contributed by atoms with Crippen LogP contribution >= 0.6 is 0 Å². The third-order valence-corrected chi connectivity index (χ3v) is 5.11. The van der Waals surface area contributed by atoms with Crippen molar-refractivity contribution in [2.24, 2.45) is 5.41 Å². The molecule has 4 heteroatoms. The van der Waals surface area contributed by atoms with Crippen LogP contribution in [0.4, 0.5) is 11.5 Å². The average molecular weight is 380 g/mol. The maximum absolute atomic E-state index is 11.3. The van der Waals surface area contributed by atoms with Crippen molar-refractivity contribution in [2.75, 3.05) is 29.4 Å². The van der Waals surface area contributed by atoms with Crippen LogP contribution in [0.2, 0.25) is 0 Å². The van der Waals surface area contributed by atoms with E-state index in [9.17, 15) is 4.79 Å². The first kappa shape index (κ1) is 20.4. The van der Waals surface area contributed by atoms with E-state index < -0.39 is 0 Å². The van der Waals surface area contributed by atoms with Gasteiger partial charge in [0.1, 0.15) is 5.82 Å². The van der Waals surface area contributed by atoms with Gasteiger partial charge in [-0.05, 0) is 54.9 Å². The number of carbonyl (C=O) groups excluding carboxylic acids is 1. The molecule has 1 aromatic carbocycles. The second-order valence-corrected chi connectivity index (χ2v) is 8.94. The summed E-state index contributed by atoms with van der Waals surface area (Å²) in [6.45, 7) is 10.0. The second kappa shape index (κ2) is 9.22. The molecule has 0 saturated carbocycles. The quantitative estimate of drug-likeness (QED) is 0.746. The summed E-state index contributed by atoms with van der Waals surface area (Å²) in [5.41, 5.74) is 2.71. The molecule has 0 spiro atoms. The lowest BCUT2D eigenvalue weighted by Gasteiger charge is -2.19. The van der Waals surface area contributed by atoms with Crippen molar-refractivity contribution in [3.8, 4) is 0 Å². The summed E-state index contributed by atoms with van der Waals surface area (Å²) in [6, 6.07) is 14.2. The van der Waals surface area contributed by atoms with E-state index >= 15 is 0 Å². The van der Waals surface area contributed by atoms with Gasteiger partial charge in [-0.1, -0.05) is 45.0 Å². The third kappa shape index (κ3) is 5.82.